The Hall–Kier alpha value is -1.06. The second-order valence-corrected chi connectivity index (χ2v) is 9.26. The van der Waals surface area contributed by atoms with Gasteiger partial charge in [0.15, 0.2) is 0 Å². The third-order valence-electron chi connectivity index (χ3n) is 5.00. The average molecular weight is 367 g/mol. The second-order valence-electron chi connectivity index (χ2n) is 9.26. The molecule has 0 saturated heterocycles. The van der Waals surface area contributed by atoms with Gasteiger partial charge in [-0.15, -0.1) is 12.4 Å². The van der Waals surface area contributed by atoms with Crippen LogP contribution in [0.3, 0.4) is 0 Å². The number of benzene rings is 1. The third-order valence-corrected chi connectivity index (χ3v) is 5.00. The largest absolute Gasteiger partial charge is 0.507 e. The Labute approximate surface area is 159 Å². The van der Waals surface area contributed by atoms with Gasteiger partial charge >= 0.3 is 0 Å². The summed E-state index contributed by atoms with van der Waals surface area (Å²) < 4.78 is 0. The maximum atomic E-state index is 10.8. The van der Waals surface area contributed by atoms with Crippen LogP contribution >= 0.6 is 12.4 Å². The number of hydrogen-bond donors (Lipinski definition) is 2. The molecule has 0 radical (unpaired) electrons. The molecule has 2 rings (SSSR count). The SMILES string of the molecule is CC(C)(C)c1cc(C=N[C@@H]2CCCC[C@H]2N)c(O)c(C(C)(C)C)c1.Cl. The number of rotatable bonds is 2. The summed E-state index contributed by atoms with van der Waals surface area (Å²) in [4.78, 5) is 4.73. The van der Waals surface area contributed by atoms with Gasteiger partial charge in [-0.05, 0) is 35.3 Å². The van der Waals surface area contributed by atoms with Crippen LogP contribution in [-0.2, 0) is 10.8 Å². The van der Waals surface area contributed by atoms with Gasteiger partial charge in [-0.2, -0.15) is 0 Å². The lowest BCUT2D eigenvalue weighted by atomic mass is 9.79. The first kappa shape index (κ1) is 22.0. The normalized spacial score (nSPS) is 22.0. The van der Waals surface area contributed by atoms with Crippen LogP contribution in [-0.4, -0.2) is 23.4 Å². The van der Waals surface area contributed by atoms with E-state index in [0.29, 0.717) is 5.75 Å². The summed E-state index contributed by atoms with van der Waals surface area (Å²) in [5.74, 6) is 0.351. The van der Waals surface area contributed by atoms with Gasteiger partial charge < -0.3 is 10.8 Å². The van der Waals surface area contributed by atoms with Crippen molar-refractivity contribution in [2.75, 3.05) is 0 Å². The van der Waals surface area contributed by atoms with Crippen LogP contribution in [0.1, 0.15) is 83.9 Å². The number of halogens is 1. The highest BCUT2D eigenvalue weighted by Gasteiger charge is 2.25. The Bertz CT molecular complexity index is 612. The van der Waals surface area contributed by atoms with Gasteiger partial charge in [0.25, 0.3) is 0 Å². The molecule has 1 aliphatic carbocycles. The number of nitrogens with two attached hydrogens (primary N) is 1. The molecule has 1 aliphatic rings. The predicted molar refractivity (Wildman–Crippen MR) is 111 cm³/mol. The molecule has 1 aromatic carbocycles. The fourth-order valence-electron chi connectivity index (χ4n) is 3.26. The molecular weight excluding hydrogens is 332 g/mol. The quantitative estimate of drug-likeness (QED) is 0.715. The molecule has 142 valence electrons. The van der Waals surface area contributed by atoms with Crippen molar-refractivity contribution in [3.63, 3.8) is 0 Å². The van der Waals surface area contributed by atoms with Crippen LogP contribution in [0, 0.1) is 0 Å². The molecule has 4 heteroatoms. The minimum atomic E-state index is -0.116. The summed E-state index contributed by atoms with van der Waals surface area (Å²) in [6.45, 7) is 13.0. The summed E-state index contributed by atoms with van der Waals surface area (Å²) >= 11 is 0. The zero-order valence-corrected chi connectivity index (χ0v) is 17.4. The van der Waals surface area contributed by atoms with Crippen molar-refractivity contribution in [1.82, 2.24) is 0 Å². The van der Waals surface area contributed by atoms with Gasteiger partial charge in [-0.3, -0.25) is 4.99 Å². The van der Waals surface area contributed by atoms with Crippen molar-refractivity contribution in [3.8, 4) is 5.75 Å². The predicted octanol–water partition coefficient (Wildman–Crippen LogP) is 5.10. The highest BCUT2D eigenvalue weighted by molar-refractivity contribution is 5.85. The van der Waals surface area contributed by atoms with Crippen LogP contribution in [0.4, 0.5) is 0 Å². The molecule has 2 atom stereocenters. The molecule has 0 unspecified atom stereocenters. The number of aromatic hydroxyl groups is 1. The number of nitrogens with zero attached hydrogens (tertiary/aromatic N) is 1. The highest BCUT2D eigenvalue weighted by Crippen LogP contribution is 2.37. The van der Waals surface area contributed by atoms with Crippen molar-refractivity contribution >= 4 is 18.6 Å². The number of hydrogen-bond acceptors (Lipinski definition) is 3. The molecular formula is C21H35ClN2O. The molecule has 0 heterocycles. The second kappa shape index (κ2) is 8.09. The average Bonchev–Trinajstić information content (AvgIpc) is 2.45. The standard InChI is InChI=1S/C21H34N2O.ClH/c1-20(2,3)15-11-14(19(24)16(12-15)21(4,5)6)13-23-18-10-8-7-9-17(18)22;/h11-13,17-18,24H,7-10,22H2,1-6H3;1H/t17-,18-;/m1./s1. The van der Waals surface area contributed by atoms with Gasteiger partial charge in [0.1, 0.15) is 5.75 Å². The van der Waals surface area contributed by atoms with Crippen molar-refractivity contribution in [3.05, 3.63) is 28.8 Å². The Kier molecular flexibility index (Phi) is 7.12. The molecule has 1 fully saturated rings. The zero-order valence-electron chi connectivity index (χ0n) is 16.6. The van der Waals surface area contributed by atoms with E-state index in [1.807, 2.05) is 6.21 Å². The van der Waals surface area contributed by atoms with Gasteiger partial charge in [0, 0.05) is 23.4 Å². The molecule has 0 aromatic heterocycles. The van der Waals surface area contributed by atoms with E-state index in [4.69, 9.17) is 10.7 Å². The van der Waals surface area contributed by atoms with E-state index in [9.17, 15) is 5.11 Å². The zero-order chi connectivity index (χ0) is 18.1. The van der Waals surface area contributed by atoms with Crippen LogP contribution in [0.2, 0.25) is 0 Å². The Morgan fingerprint density at radius 2 is 1.64 bits per heavy atom. The van der Waals surface area contributed by atoms with Crippen molar-refractivity contribution < 1.29 is 5.11 Å². The van der Waals surface area contributed by atoms with Gasteiger partial charge in [-0.25, -0.2) is 0 Å². The van der Waals surface area contributed by atoms with E-state index in [-0.39, 0.29) is 35.3 Å². The first-order valence-electron chi connectivity index (χ1n) is 9.17. The molecule has 0 aliphatic heterocycles. The molecule has 1 saturated carbocycles. The maximum Gasteiger partial charge on any atom is 0.128 e. The van der Waals surface area contributed by atoms with Crippen molar-refractivity contribution in [2.45, 2.75) is 90.1 Å². The maximum absolute atomic E-state index is 10.8. The summed E-state index contributed by atoms with van der Waals surface area (Å²) in [6, 6.07) is 4.53. The minimum absolute atomic E-state index is 0. The molecule has 0 spiro atoms. The fraction of sp³-hybridized carbons (Fsp3) is 0.667. The topological polar surface area (TPSA) is 58.6 Å². The lowest BCUT2D eigenvalue weighted by Gasteiger charge is -2.27. The monoisotopic (exact) mass is 366 g/mol. The number of phenolic OH excluding ortho intramolecular Hbond substituents is 1. The number of aliphatic imine (C=N–C) groups is 1. The number of phenols is 1. The van der Waals surface area contributed by atoms with Crippen molar-refractivity contribution in [1.29, 1.82) is 0 Å². The van der Waals surface area contributed by atoms with Crippen LogP contribution < -0.4 is 5.73 Å². The van der Waals surface area contributed by atoms with Crippen LogP contribution in [0.15, 0.2) is 17.1 Å². The summed E-state index contributed by atoms with van der Waals surface area (Å²) in [5, 5.41) is 10.8. The fourth-order valence-corrected chi connectivity index (χ4v) is 3.26. The first-order chi connectivity index (χ1) is 11.0. The minimum Gasteiger partial charge on any atom is -0.507 e. The van der Waals surface area contributed by atoms with Gasteiger partial charge in [0.05, 0.1) is 6.04 Å². The van der Waals surface area contributed by atoms with Crippen LogP contribution in [0.25, 0.3) is 0 Å². The van der Waals surface area contributed by atoms with Crippen LogP contribution in [0.5, 0.6) is 5.75 Å². The molecule has 0 bridgehead atoms. The Morgan fingerprint density at radius 1 is 1.04 bits per heavy atom. The lowest BCUT2D eigenvalue weighted by Crippen LogP contribution is -2.36. The molecule has 0 amide bonds. The van der Waals surface area contributed by atoms with E-state index in [2.05, 4.69) is 53.7 Å². The molecule has 3 nitrogen and oxygen atoms in total. The Morgan fingerprint density at radius 3 is 2.16 bits per heavy atom. The summed E-state index contributed by atoms with van der Waals surface area (Å²) in [7, 11) is 0. The van der Waals surface area contributed by atoms with E-state index in [0.717, 1.165) is 24.0 Å². The molecule has 1 aromatic rings. The first-order valence-corrected chi connectivity index (χ1v) is 9.17. The van der Waals surface area contributed by atoms with Gasteiger partial charge in [-0.1, -0.05) is 60.5 Å². The third kappa shape index (κ3) is 5.46. The van der Waals surface area contributed by atoms with E-state index >= 15 is 0 Å². The Balaban J connectivity index is 0.00000312. The van der Waals surface area contributed by atoms with Crippen molar-refractivity contribution in [2.24, 2.45) is 10.7 Å². The summed E-state index contributed by atoms with van der Waals surface area (Å²) in [5.41, 5.74) is 9.12. The molecule has 3 N–H and O–H groups in total. The lowest BCUT2D eigenvalue weighted by molar-refractivity contribution is 0.387. The van der Waals surface area contributed by atoms with E-state index in [1.54, 1.807) is 0 Å². The highest BCUT2D eigenvalue weighted by atomic mass is 35.5. The summed E-state index contributed by atoms with van der Waals surface area (Å²) in [6.07, 6.45) is 6.32. The van der Waals surface area contributed by atoms with E-state index < -0.39 is 0 Å². The van der Waals surface area contributed by atoms with E-state index in [1.165, 1.54) is 18.4 Å². The smallest absolute Gasteiger partial charge is 0.128 e. The van der Waals surface area contributed by atoms with Gasteiger partial charge in [0.2, 0.25) is 0 Å². The molecule has 25 heavy (non-hydrogen) atoms.